The number of aryl methyl sites for hydroxylation is 1. The normalized spacial score (nSPS) is 14.7. The van der Waals surface area contributed by atoms with Crippen LogP contribution in [-0.2, 0) is 17.9 Å². The lowest BCUT2D eigenvalue weighted by atomic mass is 10.1. The van der Waals surface area contributed by atoms with Gasteiger partial charge in [0.25, 0.3) is 0 Å². The molecule has 0 aliphatic carbocycles. The van der Waals surface area contributed by atoms with Gasteiger partial charge in [0.2, 0.25) is 5.91 Å². The lowest BCUT2D eigenvalue weighted by molar-refractivity contribution is -0.130. The van der Waals surface area contributed by atoms with Crippen LogP contribution in [0.3, 0.4) is 0 Å². The van der Waals surface area contributed by atoms with Crippen LogP contribution in [0.15, 0.2) is 59.8 Å². The molecular weight excluding hydrogens is 406 g/mol. The number of thioether (sulfide) groups is 1. The third kappa shape index (κ3) is 5.17. The maximum Gasteiger partial charge on any atom is 0.233 e. The fraction of sp³-hybridized carbons (Fsp3) is 0.375. The number of nitrogens with zero attached hydrogens (tertiary/aromatic N) is 5. The highest BCUT2D eigenvalue weighted by Gasteiger charge is 2.22. The number of aromatic nitrogens is 3. The molecule has 0 unspecified atom stereocenters. The van der Waals surface area contributed by atoms with Crippen molar-refractivity contribution in [2.45, 2.75) is 32.1 Å². The highest BCUT2D eigenvalue weighted by molar-refractivity contribution is 7.99. The van der Waals surface area contributed by atoms with Crippen LogP contribution in [0.1, 0.15) is 18.1 Å². The van der Waals surface area contributed by atoms with E-state index in [1.807, 2.05) is 23.1 Å². The van der Waals surface area contributed by atoms with E-state index in [0.29, 0.717) is 5.75 Å². The van der Waals surface area contributed by atoms with E-state index in [1.54, 1.807) is 0 Å². The van der Waals surface area contributed by atoms with E-state index in [-0.39, 0.29) is 5.91 Å². The monoisotopic (exact) mass is 435 g/mol. The highest BCUT2D eigenvalue weighted by atomic mass is 32.2. The van der Waals surface area contributed by atoms with Crippen molar-refractivity contribution in [3.8, 4) is 11.4 Å². The minimum atomic E-state index is 0.174. The first kappa shape index (κ1) is 21.6. The third-order valence-electron chi connectivity index (χ3n) is 5.72. The number of carbonyl (C=O) groups is 1. The van der Waals surface area contributed by atoms with Crippen LogP contribution in [0.25, 0.3) is 11.4 Å². The first-order valence-electron chi connectivity index (χ1n) is 10.8. The van der Waals surface area contributed by atoms with E-state index in [1.165, 1.54) is 22.9 Å². The van der Waals surface area contributed by atoms with Crippen molar-refractivity contribution in [3.05, 3.63) is 65.7 Å². The summed E-state index contributed by atoms with van der Waals surface area (Å²) in [4.78, 5) is 17.2. The summed E-state index contributed by atoms with van der Waals surface area (Å²) in [6, 6.07) is 18.7. The summed E-state index contributed by atoms with van der Waals surface area (Å²) in [5, 5.41) is 9.60. The molecule has 1 amide bonds. The van der Waals surface area contributed by atoms with Gasteiger partial charge in [-0.1, -0.05) is 66.4 Å². The molecule has 2 aromatic carbocycles. The maximum atomic E-state index is 12.8. The molecule has 0 bridgehead atoms. The molecule has 7 heteroatoms. The summed E-state index contributed by atoms with van der Waals surface area (Å²) in [6.45, 7) is 9.26. The Morgan fingerprint density at radius 3 is 2.39 bits per heavy atom. The molecule has 0 N–H and O–H groups in total. The fourth-order valence-electron chi connectivity index (χ4n) is 3.92. The second-order valence-electron chi connectivity index (χ2n) is 7.80. The van der Waals surface area contributed by atoms with Gasteiger partial charge in [-0.15, -0.1) is 10.2 Å². The second-order valence-corrected chi connectivity index (χ2v) is 8.74. The molecular formula is C24H29N5OS. The van der Waals surface area contributed by atoms with Crippen molar-refractivity contribution < 1.29 is 4.79 Å². The summed E-state index contributed by atoms with van der Waals surface area (Å²) in [6.07, 6.45) is 0. The lowest BCUT2D eigenvalue weighted by Crippen LogP contribution is -2.48. The fourth-order valence-corrected chi connectivity index (χ4v) is 4.82. The van der Waals surface area contributed by atoms with Crippen molar-refractivity contribution in [1.29, 1.82) is 0 Å². The number of hydrogen-bond acceptors (Lipinski definition) is 5. The lowest BCUT2D eigenvalue weighted by Gasteiger charge is -2.34. The maximum absolute atomic E-state index is 12.8. The second kappa shape index (κ2) is 10.1. The van der Waals surface area contributed by atoms with Crippen molar-refractivity contribution >= 4 is 17.7 Å². The van der Waals surface area contributed by atoms with Gasteiger partial charge in [0.1, 0.15) is 0 Å². The SMILES string of the molecule is CCn1c(SCC(=O)N2CCN(Cc3ccccc3)CC2)nnc1-c1ccccc1C. The molecule has 162 valence electrons. The average Bonchev–Trinajstić information content (AvgIpc) is 3.21. The first-order chi connectivity index (χ1) is 15.2. The van der Waals surface area contributed by atoms with Gasteiger partial charge in [0, 0.05) is 44.8 Å². The molecule has 2 heterocycles. The summed E-state index contributed by atoms with van der Waals surface area (Å²) in [7, 11) is 0. The molecule has 0 saturated carbocycles. The Hall–Kier alpha value is -2.64. The van der Waals surface area contributed by atoms with Crippen LogP contribution in [0.5, 0.6) is 0 Å². The molecule has 0 radical (unpaired) electrons. The van der Waals surface area contributed by atoms with Crippen molar-refractivity contribution in [2.75, 3.05) is 31.9 Å². The minimum absolute atomic E-state index is 0.174. The van der Waals surface area contributed by atoms with Gasteiger partial charge < -0.3 is 9.47 Å². The standard InChI is InChI=1S/C24H29N5OS/c1-3-29-23(21-12-8-7-9-19(21)2)25-26-24(29)31-18-22(30)28-15-13-27(14-16-28)17-20-10-5-4-6-11-20/h4-12H,3,13-18H2,1-2H3. The molecule has 3 aromatic rings. The third-order valence-corrected chi connectivity index (χ3v) is 6.67. The van der Waals surface area contributed by atoms with Crippen molar-refractivity contribution in [3.63, 3.8) is 0 Å². The van der Waals surface area contributed by atoms with Gasteiger partial charge in [-0.25, -0.2) is 0 Å². The summed E-state index contributed by atoms with van der Waals surface area (Å²) < 4.78 is 2.10. The zero-order valence-corrected chi connectivity index (χ0v) is 19.0. The van der Waals surface area contributed by atoms with Crippen LogP contribution >= 0.6 is 11.8 Å². The van der Waals surface area contributed by atoms with E-state index in [0.717, 1.165) is 55.8 Å². The Bertz CT molecular complexity index is 1010. The highest BCUT2D eigenvalue weighted by Crippen LogP contribution is 2.26. The Morgan fingerprint density at radius 1 is 0.968 bits per heavy atom. The molecule has 1 aliphatic rings. The number of piperazine rings is 1. The van der Waals surface area contributed by atoms with Crippen molar-refractivity contribution in [2.24, 2.45) is 0 Å². The largest absolute Gasteiger partial charge is 0.339 e. The average molecular weight is 436 g/mol. The molecule has 1 saturated heterocycles. The quantitative estimate of drug-likeness (QED) is 0.530. The number of benzene rings is 2. The van der Waals surface area contributed by atoms with Gasteiger partial charge in [-0.05, 0) is 25.0 Å². The Labute approximate surface area is 188 Å². The number of rotatable bonds is 7. The predicted octanol–water partition coefficient (Wildman–Crippen LogP) is 3.71. The van der Waals surface area contributed by atoms with Crippen LogP contribution in [0.4, 0.5) is 0 Å². The van der Waals surface area contributed by atoms with E-state index in [4.69, 9.17) is 0 Å². The number of hydrogen-bond donors (Lipinski definition) is 0. The van der Waals surface area contributed by atoms with Gasteiger partial charge >= 0.3 is 0 Å². The molecule has 0 spiro atoms. The molecule has 1 aromatic heterocycles. The van der Waals surface area contributed by atoms with Crippen molar-refractivity contribution in [1.82, 2.24) is 24.6 Å². The molecule has 1 fully saturated rings. The van der Waals surface area contributed by atoms with Gasteiger partial charge in [-0.3, -0.25) is 9.69 Å². The molecule has 6 nitrogen and oxygen atoms in total. The molecule has 31 heavy (non-hydrogen) atoms. The molecule has 4 rings (SSSR count). The smallest absolute Gasteiger partial charge is 0.233 e. The minimum Gasteiger partial charge on any atom is -0.339 e. The van der Waals surface area contributed by atoms with Gasteiger partial charge in [0.15, 0.2) is 11.0 Å². The predicted molar refractivity (Wildman–Crippen MR) is 125 cm³/mol. The van der Waals surface area contributed by atoms with Gasteiger partial charge in [0.05, 0.1) is 5.75 Å². The Balaban J connectivity index is 1.32. The zero-order chi connectivity index (χ0) is 21.6. The van der Waals surface area contributed by atoms with Crippen LogP contribution in [-0.4, -0.2) is 62.4 Å². The van der Waals surface area contributed by atoms with Crippen LogP contribution < -0.4 is 0 Å². The zero-order valence-electron chi connectivity index (χ0n) is 18.2. The van der Waals surface area contributed by atoms with E-state index in [9.17, 15) is 4.79 Å². The first-order valence-corrected chi connectivity index (χ1v) is 11.8. The summed E-state index contributed by atoms with van der Waals surface area (Å²) >= 11 is 1.48. The Kier molecular flexibility index (Phi) is 7.04. The van der Waals surface area contributed by atoms with Crippen LogP contribution in [0.2, 0.25) is 0 Å². The van der Waals surface area contributed by atoms with Crippen LogP contribution in [0, 0.1) is 6.92 Å². The number of carbonyl (C=O) groups excluding carboxylic acids is 1. The molecule has 0 atom stereocenters. The van der Waals surface area contributed by atoms with E-state index >= 15 is 0 Å². The van der Waals surface area contributed by atoms with E-state index in [2.05, 4.69) is 69.9 Å². The summed E-state index contributed by atoms with van der Waals surface area (Å²) in [5.74, 6) is 1.43. The summed E-state index contributed by atoms with van der Waals surface area (Å²) in [5.41, 5.74) is 3.58. The number of amides is 1. The Morgan fingerprint density at radius 2 is 1.68 bits per heavy atom. The molecule has 1 aliphatic heterocycles. The topological polar surface area (TPSA) is 54.3 Å². The van der Waals surface area contributed by atoms with E-state index < -0.39 is 0 Å². The van der Waals surface area contributed by atoms with Gasteiger partial charge in [-0.2, -0.15) is 0 Å².